The SMILES string of the molecule is Cc1cc([C@H]2C[C@@H](c3cc4nc(C)cnc4c(-c4ccc(F)cc4F)n3)CCO2)ccn1. The number of hydrogen-bond acceptors (Lipinski definition) is 5. The van der Waals surface area contributed by atoms with E-state index in [1.54, 1.807) is 12.4 Å². The molecule has 1 saturated heterocycles. The van der Waals surface area contributed by atoms with E-state index in [4.69, 9.17) is 9.72 Å². The number of nitrogens with zero attached hydrogens (tertiary/aromatic N) is 4. The van der Waals surface area contributed by atoms with E-state index >= 15 is 0 Å². The molecule has 1 fully saturated rings. The Morgan fingerprint density at radius 3 is 2.66 bits per heavy atom. The van der Waals surface area contributed by atoms with Crippen LogP contribution in [-0.4, -0.2) is 26.5 Å². The minimum absolute atomic E-state index is 0.0671. The molecule has 0 amide bonds. The van der Waals surface area contributed by atoms with Gasteiger partial charge in [0, 0.05) is 47.9 Å². The van der Waals surface area contributed by atoms with Gasteiger partial charge in [0.15, 0.2) is 0 Å². The highest BCUT2D eigenvalue weighted by Crippen LogP contribution is 2.39. The zero-order chi connectivity index (χ0) is 22.2. The molecule has 162 valence electrons. The number of benzene rings is 1. The lowest BCUT2D eigenvalue weighted by molar-refractivity contribution is 0.00460. The highest BCUT2D eigenvalue weighted by Gasteiger charge is 2.28. The normalized spacial score (nSPS) is 18.8. The van der Waals surface area contributed by atoms with E-state index < -0.39 is 11.6 Å². The third-order valence-corrected chi connectivity index (χ3v) is 5.85. The summed E-state index contributed by atoms with van der Waals surface area (Å²) in [5, 5.41) is 0. The Kier molecular flexibility index (Phi) is 5.35. The molecule has 4 aromatic rings. The van der Waals surface area contributed by atoms with E-state index in [0.717, 1.165) is 41.6 Å². The van der Waals surface area contributed by atoms with Crippen LogP contribution in [0.15, 0.2) is 48.8 Å². The smallest absolute Gasteiger partial charge is 0.135 e. The number of hydrogen-bond donors (Lipinski definition) is 0. The first-order valence-electron chi connectivity index (χ1n) is 10.6. The van der Waals surface area contributed by atoms with Gasteiger partial charge in [-0.15, -0.1) is 0 Å². The average molecular weight is 432 g/mol. The molecule has 0 unspecified atom stereocenters. The van der Waals surface area contributed by atoms with Crippen LogP contribution in [0, 0.1) is 25.5 Å². The molecule has 5 rings (SSSR count). The molecule has 1 aliphatic rings. The number of aromatic nitrogens is 4. The second kappa shape index (κ2) is 8.31. The summed E-state index contributed by atoms with van der Waals surface area (Å²) in [7, 11) is 0. The van der Waals surface area contributed by atoms with E-state index in [0.29, 0.717) is 23.3 Å². The molecule has 0 N–H and O–H groups in total. The second-order valence-corrected chi connectivity index (χ2v) is 8.21. The molecule has 4 heterocycles. The summed E-state index contributed by atoms with van der Waals surface area (Å²) in [6, 6.07) is 9.45. The number of pyridine rings is 2. The van der Waals surface area contributed by atoms with Crippen LogP contribution in [0.2, 0.25) is 0 Å². The standard InChI is InChI=1S/C25H22F2N4O/c1-14-9-17(5-7-28-14)23-10-16(6-8-32-23)21-12-22-25(29-13-15(2)30-22)24(31-21)19-4-3-18(26)11-20(19)27/h3-5,7,9,11-13,16,23H,6,8,10H2,1-2H3/t16-,23+/m0/s1. The molecule has 1 aliphatic heterocycles. The lowest BCUT2D eigenvalue weighted by atomic mass is 9.88. The Morgan fingerprint density at radius 1 is 0.969 bits per heavy atom. The maximum absolute atomic E-state index is 14.7. The van der Waals surface area contributed by atoms with Crippen molar-refractivity contribution in [3.8, 4) is 11.3 Å². The van der Waals surface area contributed by atoms with Crippen LogP contribution in [0.5, 0.6) is 0 Å². The molecule has 0 spiro atoms. The fourth-order valence-corrected chi connectivity index (χ4v) is 4.28. The molecule has 0 bridgehead atoms. The van der Waals surface area contributed by atoms with E-state index in [-0.39, 0.29) is 17.6 Å². The van der Waals surface area contributed by atoms with Gasteiger partial charge in [-0.1, -0.05) is 0 Å². The Labute approximate surface area is 184 Å². The Morgan fingerprint density at radius 2 is 1.84 bits per heavy atom. The van der Waals surface area contributed by atoms with E-state index in [1.165, 1.54) is 12.1 Å². The van der Waals surface area contributed by atoms with Gasteiger partial charge < -0.3 is 4.74 Å². The van der Waals surface area contributed by atoms with Gasteiger partial charge in [0.25, 0.3) is 0 Å². The first kappa shape index (κ1) is 20.6. The van der Waals surface area contributed by atoms with Gasteiger partial charge >= 0.3 is 0 Å². The van der Waals surface area contributed by atoms with Crippen molar-refractivity contribution in [2.75, 3.05) is 6.61 Å². The summed E-state index contributed by atoms with van der Waals surface area (Å²) in [5.74, 6) is -1.19. The van der Waals surface area contributed by atoms with Gasteiger partial charge in [0.1, 0.15) is 22.8 Å². The van der Waals surface area contributed by atoms with E-state index in [9.17, 15) is 8.78 Å². The lowest BCUT2D eigenvalue weighted by Gasteiger charge is -2.30. The summed E-state index contributed by atoms with van der Waals surface area (Å²) in [4.78, 5) is 18.2. The minimum Gasteiger partial charge on any atom is -0.373 e. The summed E-state index contributed by atoms with van der Waals surface area (Å²) in [5.41, 5.74) is 5.35. The van der Waals surface area contributed by atoms with Crippen molar-refractivity contribution in [1.29, 1.82) is 0 Å². The molecule has 0 radical (unpaired) electrons. The van der Waals surface area contributed by atoms with Gasteiger partial charge in [-0.05, 0) is 62.6 Å². The van der Waals surface area contributed by atoms with Crippen LogP contribution >= 0.6 is 0 Å². The molecule has 5 nitrogen and oxygen atoms in total. The fourth-order valence-electron chi connectivity index (χ4n) is 4.28. The second-order valence-electron chi connectivity index (χ2n) is 8.21. The Balaban J connectivity index is 1.59. The van der Waals surface area contributed by atoms with Crippen LogP contribution in [0.25, 0.3) is 22.3 Å². The van der Waals surface area contributed by atoms with Crippen molar-refractivity contribution >= 4 is 11.0 Å². The van der Waals surface area contributed by atoms with Crippen LogP contribution in [0.4, 0.5) is 8.78 Å². The molecule has 7 heteroatoms. The monoisotopic (exact) mass is 432 g/mol. The molecular formula is C25H22F2N4O. The Bertz CT molecular complexity index is 1310. The number of fused-ring (bicyclic) bond motifs is 1. The third-order valence-electron chi connectivity index (χ3n) is 5.85. The first-order chi connectivity index (χ1) is 15.5. The predicted molar refractivity (Wildman–Crippen MR) is 117 cm³/mol. The summed E-state index contributed by atoms with van der Waals surface area (Å²) >= 11 is 0. The van der Waals surface area contributed by atoms with Gasteiger partial charge in [-0.2, -0.15) is 0 Å². The zero-order valence-electron chi connectivity index (χ0n) is 17.8. The van der Waals surface area contributed by atoms with Crippen molar-refractivity contribution in [2.45, 2.75) is 38.7 Å². The molecule has 1 aromatic carbocycles. The van der Waals surface area contributed by atoms with Gasteiger partial charge in [0.2, 0.25) is 0 Å². The van der Waals surface area contributed by atoms with Crippen LogP contribution in [0.1, 0.15) is 47.5 Å². The van der Waals surface area contributed by atoms with Crippen LogP contribution in [-0.2, 0) is 4.74 Å². The van der Waals surface area contributed by atoms with Crippen LogP contribution < -0.4 is 0 Å². The quantitative estimate of drug-likeness (QED) is 0.421. The number of ether oxygens (including phenoxy) is 1. The minimum atomic E-state index is -0.671. The van der Waals surface area contributed by atoms with Crippen molar-refractivity contribution in [1.82, 2.24) is 19.9 Å². The topological polar surface area (TPSA) is 60.8 Å². The van der Waals surface area contributed by atoms with Crippen molar-refractivity contribution in [3.05, 3.63) is 83.1 Å². The van der Waals surface area contributed by atoms with Crippen molar-refractivity contribution in [3.63, 3.8) is 0 Å². The third kappa shape index (κ3) is 3.96. The predicted octanol–water partition coefficient (Wildman–Crippen LogP) is 5.62. The fraction of sp³-hybridized carbons (Fsp3) is 0.280. The number of rotatable bonds is 3. The maximum Gasteiger partial charge on any atom is 0.135 e. The molecular weight excluding hydrogens is 410 g/mol. The van der Waals surface area contributed by atoms with Crippen LogP contribution in [0.3, 0.4) is 0 Å². The average Bonchev–Trinajstić information content (AvgIpc) is 2.78. The largest absolute Gasteiger partial charge is 0.373 e. The Hall–Kier alpha value is -3.32. The zero-order valence-corrected chi connectivity index (χ0v) is 17.8. The highest BCUT2D eigenvalue weighted by molar-refractivity contribution is 5.89. The van der Waals surface area contributed by atoms with Gasteiger partial charge in [0.05, 0.1) is 17.3 Å². The van der Waals surface area contributed by atoms with Gasteiger partial charge in [-0.25, -0.2) is 18.7 Å². The molecule has 0 aliphatic carbocycles. The lowest BCUT2D eigenvalue weighted by Crippen LogP contribution is -2.20. The van der Waals surface area contributed by atoms with Gasteiger partial charge in [-0.3, -0.25) is 9.97 Å². The molecule has 2 atom stereocenters. The summed E-state index contributed by atoms with van der Waals surface area (Å²) in [6.45, 7) is 4.41. The maximum atomic E-state index is 14.7. The first-order valence-corrected chi connectivity index (χ1v) is 10.6. The highest BCUT2D eigenvalue weighted by atomic mass is 19.1. The molecule has 3 aromatic heterocycles. The summed E-state index contributed by atoms with van der Waals surface area (Å²) < 4.78 is 34.2. The van der Waals surface area contributed by atoms with E-state index in [2.05, 4.69) is 15.0 Å². The number of aryl methyl sites for hydroxylation is 2. The van der Waals surface area contributed by atoms with Crippen molar-refractivity contribution < 1.29 is 13.5 Å². The summed E-state index contributed by atoms with van der Waals surface area (Å²) in [6.07, 6.45) is 4.89. The van der Waals surface area contributed by atoms with E-state index in [1.807, 2.05) is 32.0 Å². The number of halogens is 2. The van der Waals surface area contributed by atoms with Crippen molar-refractivity contribution in [2.24, 2.45) is 0 Å². The molecule has 0 saturated carbocycles. The molecule has 32 heavy (non-hydrogen) atoms.